The number of halogens is 2. The number of rotatable bonds is 0. The first-order valence-electron chi connectivity index (χ1n) is 7.66. The average Bonchev–Trinajstić information content (AvgIpc) is 2.71. The van der Waals surface area contributed by atoms with Gasteiger partial charge in [0.05, 0.1) is 0 Å². The van der Waals surface area contributed by atoms with Crippen molar-refractivity contribution in [3.05, 3.63) is 23.3 Å². The van der Waals surface area contributed by atoms with Crippen molar-refractivity contribution in [2.24, 2.45) is 10.8 Å². The Morgan fingerprint density at radius 3 is 1.09 bits per heavy atom. The zero-order valence-electron chi connectivity index (χ0n) is 15.6. The van der Waals surface area contributed by atoms with Gasteiger partial charge in [0, 0.05) is 0 Å². The van der Waals surface area contributed by atoms with E-state index in [1.54, 1.807) is 23.3 Å². The minimum atomic E-state index is 0. The first-order chi connectivity index (χ1) is 8.99. The summed E-state index contributed by atoms with van der Waals surface area (Å²) in [6, 6.07) is 0. The van der Waals surface area contributed by atoms with Crippen LogP contribution in [0.1, 0.15) is 67.2 Å². The summed E-state index contributed by atoms with van der Waals surface area (Å²) in [4.78, 5) is 0. The molecule has 2 rings (SSSR count). The normalized spacial score (nSPS) is 19.9. The Hall–Kier alpha value is 1.16. The van der Waals surface area contributed by atoms with Gasteiger partial charge in [-0.25, -0.2) is 0 Å². The van der Waals surface area contributed by atoms with Gasteiger partial charge in [0.25, 0.3) is 0 Å². The zero-order valence-corrected chi connectivity index (χ0v) is 20.6. The third-order valence-electron chi connectivity index (χ3n) is 4.31. The summed E-state index contributed by atoms with van der Waals surface area (Å²) >= 11 is 1.74. The third-order valence-corrected chi connectivity index (χ3v) is 4.31. The summed E-state index contributed by atoms with van der Waals surface area (Å²) in [7, 11) is 0. The molecule has 0 bridgehead atoms. The first-order valence-corrected chi connectivity index (χ1v) is 13.9. The molecular weight excluding hydrogens is 406 g/mol. The van der Waals surface area contributed by atoms with Crippen molar-refractivity contribution in [3.8, 4) is 0 Å². The van der Waals surface area contributed by atoms with Crippen LogP contribution in [0.15, 0.2) is 11.1 Å². The molecule has 2 aliphatic carbocycles. The topological polar surface area (TPSA) is 0 Å². The molecule has 0 spiro atoms. The van der Waals surface area contributed by atoms with Crippen LogP contribution in [0.5, 0.6) is 0 Å². The standard InChI is InChI=1S/2C8H13.C2H6Si.2ClH.Zr/c2*1-7-5-4-6-8(7,2)3;1-3-2;;;/h2*4,6H2,1-3H3;1-2H3;2*1H;/q2*-1;;;;+2/p-2. The van der Waals surface area contributed by atoms with E-state index in [9.17, 15) is 0 Å². The van der Waals surface area contributed by atoms with Crippen LogP contribution in [0.2, 0.25) is 13.1 Å². The molecule has 0 nitrogen and oxygen atoms in total. The molecule has 0 atom stereocenters. The van der Waals surface area contributed by atoms with E-state index >= 15 is 0 Å². The summed E-state index contributed by atoms with van der Waals surface area (Å²) in [5, 5.41) is 0. The molecule has 2 aliphatic rings. The van der Waals surface area contributed by atoms with Crippen molar-refractivity contribution >= 4 is 5.43 Å². The molecule has 0 aliphatic heterocycles. The van der Waals surface area contributed by atoms with Crippen molar-refractivity contribution in [1.82, 2.24) is 0 Å². The summed E-state index contributed by atoms with van der Waals surface area (Å²) in [5.74, 6) is 0. The van der Waals surface area contributed by atoms with Crippen LogP contribution in [-0.4, -0.2) is 5.43 Å². The van der Waals surface area contributed by atoms with Crippen LogP contribution < -0.4 is 24.8 Å². The third kappa shape index (κ3) is 11.7. The summed E-state index contributed by atoms with van der Waals surface area (Å²) < 4.78 is 0. The van der Waals surface area contributed by atoms with Gasteiger partial charge in [-0.05, 0) is 10.8 Å². The van der Waals surface area contributed by atoms with Gasteiger partial charge < -0.3 is 37.0 Å². The van der Waals surface area contributed by atoms with Gasteiger partial charge in [0.1, 0.15) is 0 Å². The maximum Gasteiger partial charge on any atom is -1.00 e. The van der Waals surface area contributed by atoms with Crippen LogP contribution in [0.25, 0.3) is 0 Å². The van der Waals surface area contributed by atoms with Crippen molar-refractivity contribution < 1.29 is 48.1 Å². The molecule has 0 aromatic carbocycles. The molecule has 128 valence electrons. The predicted octanol–water partition coefficient (Wildman–Crippen LogP) is -0.0959. The van der Waals surface area contributed by atoms with Gasteiger partial charge in [-0.15, -0.1) is 0 Å². The molecule has 0 unspecified atom stereocenters. The minimum absolute atomic E-state index is 0. The second-order valence-electron chi connectivity index (χ2n) is 7.37. The SMILES string of the molecule is CC1=[C-]CCC1(C)C.CC1=[C-]CCC1(C)C.C[Si](C)=[Zr+2].[Cl-].[Cl-]. The Labute approximate surface area is 167 Å². The number of hydrogen-bond donors (Lipinski definition) is 0. The second kappa shape index (κ2) is 12.5. The maximum absolute atomic E-state index is 3.33. The molecule has 0 aromatic heterocycles. The summed E-state index contributed by atoms with van der Waals surface area (Å²) in [6.45, 7) is 18.1. The second-order valence-corrected chi connectivity index (χ2v) is 16.7. The van der Waals surface area contributed by atoms with Gasteiger partial charge in [0.15, 0.2) is 0 Å². The van der Waals surface area contributed by atoms with E-state index in [0.717, 1.165) is 0 Å². The van der Waals surface area contributed by atoms with Gasteiger partial charge in [-0.1, -0.05) is 54.4 Å². The van der Waals surface area contributed by atoms with Crippen LogP contribution in [0.3, 0.4) is 0 Å². The molecule has 0 saturated carbocycles. The Bertz CT molecular complexity index is 360. The van der Waals surface area contributed by atoms with Crippen LogP contribution in [0, 0.1) is 23.0 Å². The largest absolute Gasteiger partial charge is 1.00 e. The summed E-state index contributed by atoms with van der Waals surface area (Å²) in [5.41, 5.74) is 4.01. The molecule has 0 N–H and O–H groups in total. The quantitative estimate of drug-likeness (QED) is 0.366. The van der Waals surface area contributed by atoms with E-state index in [0.29, 0.717) is 10.8 Å². The fourth-order valence-corrected chi connectivity index (χ4v) is 1.98. The van der Waals surface area contributed by atoms with E-state index in [1.165, 1.54) is 36.8 Å². The fourth-order valence-electron chi connectivity index (χ4n) is 1.98. The zero-order chi connectivity index (χ0) is 16.0. The predicted molar refractivity (Wildman–Crippen MR) is 88.4 cm³/mol. The Kier molecular flexibility index (Phi) is 15.9. The van der Waals surface area contributed by atoms with Crippen molar-refractivity contribution in [2.45, 2.75) is 80.3 Å². The molecule has 0 aromatic rings. The number of allylic oxidation sites excluding steroid dienone is 4. The molecule has 4 heteroatoms. The van der Waals surface area contributed by atoms with Crippen molar-refractivity contribution in [1.29, 1.82) is 0 Å². The minimum Gasteiger partial charge on any atom is -1.00 e. The van der Waals surface area contributed by atoms with Crippen LogP contribution in [0.4, 0.5) is 0 Å². The monoisotopic (exact) mass is 436 g/mol. The number of hydrogen-bond acceptors (Lipinski definition) is 0. The molecule has 0 fully saturated rings. The summed E-state index contributed by atoms with van der Waals surface area (Å²) in [6.07, 6.45) is 11.6. The average molecular weight is 439 g/mol. The van der Waals surface area contributed by atoms with E-state index < -0.39 is 0 Å². The van der Waals surface area contributed by atoms with E-state index in [-0.39, 0.29) is 30.2 Å². The smallest absolute Gasteiger partial charge is 1.00 e. The molecule has 0 saturated heterocycles. The van der Waals surface area contributed by atoms with E-state index in [1.807, 2.05) is 0 Å². The Balaban J connectivity index is -0.000000249. The van der Waals surface area contributed by atoms with E-state index in [4.69, 9.17) is 0 Å². The molecule has 0 radical (unpaired) electrons. The molecular formula is C18H32Cl2SiZr-2. The van der Waals surface area contributed by atoms with Gasteiger partial charge in [-0.3, -0.25) is 11.1 Å². The van der Waals surface area contributed by atoms with Crippen molar-refractivity contribution in [3.63, 3.8) is 0 Å². The molecule has 22 heavy (non-hydrogen) atoms. The van der Waals surface area contributed by atoms with Crippen molar-refractivity contribution in [2.75, 3.05) is 0 Å². The van der Waals surface area contributed by atoms with E-state index in [2.05, 4.69) is 66.8 Å². The van der Waals surface area contributed by atoms with Crippen LogP contribution >= 0.6 is 0 Å². The Morgan fingerprint density at radius 1 is 0.818 bits per heavy atom. The fraction of sp³-hybridized carbons (Fsp3) is 0.778. The Morgan fingerprint density at radius 2 is 1.05 bits per heavy atom. The first kappa shape index (κ1) is 28.0. The van der Waals surface area contributed by atoms with Gasteiger partial charge in [-0.2, -0.15) is 12.8 Å². The maximum atomic E-state index is 3.33. The van der Waals surface area contributed by atoms with Gasteiger partial charge in [0.2, 0.25) is 0 Å². The molecule has 0 amide bonds. The van der Waals surface area contributed by atoms with Gasteiger partial charge >= 0.3 is 41.9 Å². The van der Waals surface area contributed by atoms with Crippen LogP contribution in [-0.2, 0) is 23.3 Å². The molecule has 0 heterocycles.